The van der Waals surface area contributed by atoms with Crippen LogP contribution in [-0.2, 0) is 23.9 Å². The monoisotopic (exact) mass is 543 g/mol. The molecule has 1 amide bonds. The molecule has 3 saturated carbocycles. The number of halogens is 2. The number of aliphatic hydroxyl groups is 1. The highest BCUT2D eigenvalue weighted by molar-refractivity contribution is 7.86. The minimum Gasteiger partial charge on any atom is -0.465 e. The van der Waals surface area contributed by atoms with Crippen LogP contribution in [0.25, 0.3) is 0 Å². The molecule has 9 atom stereocenters. The zero-order chi connectivity index (χ0) is 27.3. The van der Waals surface area contributed by atoms with E-state index in [0.717, 1.165) is 17.2 Å². The Kier molecular flexibility index (Phi) is 5.66. The van der Waals surface area contributed by atoms with Crippen LogP contribution in [0, 0.1) is 34.0 Å². The zero-order valence-corrected chi connectivity index (χ0v) is 21.6. The molecule has 0 spiro atoms. The van der Waals surface area contributed by atoms with E-state index in [1.807, 2.05) is 0 Å². The molecule has 1 heterocycles. The summed E-state index contributed by atoms with van der Waals surface area (Å²) in [5.41, 5.74) is -6.52. The Morgan fingerprint density at radius 2 is 1.92 bits per heavy atom. The summed E-state index contributed by atoms with van der Waals surface area (Å²) in [5.74, 6) is -3.30. The summed E-state index contributed by atoms with van der Waals surface area (Å²) >= 11 is 0. The van der Waals surface area contributed by atoms with E-state index in [1.54, 1.807) is 6.92 Å². The topological polar surface area (TPSA) is 138 Å². The van der Waals surface area contributed by atoms with Crippen LogP contribution in [0.4, 0.5) is 13.6 Å². The van der Waals surface area contributed by atoms with Crippen LogP contribution in [0.2, 0.25) is 0 Å². The molecule has 0 bridgehead atoms. The van der Waals surface area contributed by atoms with Crippen molar-refractivity contribution in [3.8, 4) is 0 Å². The Balaban J connectivity index is 1.61. The fourth-order valence-corrected chi connectivity index (χ4v) is 9.04. The van der Waals surface area contributed by atoms with Crippen LogP contribution in [0.1, 0.15) is 33.1 Å². The van der Waals surface area contributed by atoms with Crippen LogP contribution in [0.3, 0.4) is 0 Å². The molecule has 2 N–H and O–H groups in total. The number of likely N-dealkylation sites (tertiary alicyclic amines) is 1. The lowest BCUT2D eigenvalue weighted by atomic mass is 9.43. The highest BCUT2D eigenvalue weighted by Crippen LogP contribution is 2.74. The number of carbonyl (C=O) groups is 3. The molecule has 5 rings (SSSR count). The van der Waals surface area contributed by atoms with Gasteiger partial charge in [-0.05, 0) is 61.2 Å². The molecule has 0 aromatic rings. The molecule has 0 unspecified atom stereocenters. The number of alkyl halides is 2. The Hall–Kier alpha value is -2.18. The lowest BCUT2D eigenvalue weighted by Crippen LogP contribution is -2.69. The first-order valence-electron chi connectivity index (χ1n) is 12.3. The van der Waals surface area contributed by atoms with Crippen molar-refractivity contribution in [3.63, 3.8) is 0 Å². The number of amides is 1. The Morgan fingerprint density at radius 3 is 2.54 bits per heavy atom. The minimum absolute atomic E-state index is 0.0102. The Morgan fingerprint density at radius 1 is 1.24 bits per heavy atom. The average Bonchev–Trinajstić information content (AvgIpc) is 3.29. The first kappa shape index (κ1) is 26.4. The second kappa shape index (κ2) is 7.92. The van der Waals surface area contributed by atoms with Crippen LogP contribution < -0.4 is 0 Å². The number of carbonyl (C=O) groups excluding carboxylic acids is 2. The van der Waals surface area contributed by atoms with Gasteiger partial charge in [-0.15, -0.1) is 0 Å². The van der Waals surface area contributed by atoms with Gasteiger partial charge in [0, 0.05) is 24.4 Å². The highest BCUT2D eigenvalue weighted by atomic mass is 32.2. The lowest BCUT2D eigenvalue weighted by Gasteiger charge is -2.63. The molecular weight excluding hydrogens is 512 g/mol. The summed E-state index contributed by atoms with van der Waals surface area (Å²) in [4.78, 5) is 38.7. The Labute approximate surface area is 213 Å². The quantitative estimate of drug-likeness (QED) is 0.514. The molecule has 0 aromatic carbocycles. The number of nitrogens with zero attached hydrogens (tertiary/aromatic N) is 1. The van der Waals surface area contributed by atoms with Gasteiger partial charge in [0.15, 0.2) is 17.2 Å². The molecule has 4 fully saturated rings. The number of hydrogen-bond acceptors (Lipinski definition) is 7. The highest BCUT2D eigenvalue weighted by Gasteiger charge is 2.78. The maximum Gasteiger partial charge on any atom is 0.407 e. The number of Topliss-reactive ketones (excluding diaryl/α,β-unsaturated/α-hetero) is 1. The van der Waals surface area contributed by atoms with Crippen LogP contribution in [-0.4, -0.2) is 85.1 Å². The second-order valence-electron chi connectivity index (χ2n) is 11.8. The molecule has 37 heavy (non-hydrogen) atoms. The van der Waals surface area contributed by atoms with Crippen LogP contribution in [0.5, 0.6) is 0 Å². The van der Waals surface area contributed by atoms with E-state index >= 15 is 8.78 Å². The van der Waals surface area contributed by atoms with Crippen molar-refractivity contribution in [2.24, 2.45) is 34.0 Å². The molecular formula is C25H31F2NO8S. The van der Waals surface area contributed by atoms with E-state index in [9.17, 15) is 33.0 Å². The largest absolute Gasteiger partial charge is 0.465 e. The van der Waals surface area contributed by atoms with E-state index in [4.69, 9.17) is 4.18 Å². The predicted molar refractivity (Wildman–Crippen MR) is 125 cm³/mol. The van der Waals surface area contributed by atoms with E-state index in [-0.39, 0.29) is 37.9 Å². The number of carboxylic acid groups (broad SMARTS) is 1. The van der Waals surface area contributed by atoms with Gasteiger partial charge in [0.05, 0.1) is 17.8 Å². The fraction of sp³-hybridized carbons (Fsp3) is 0.720. The van der Waals surface area contributed by atoms with E-state index < -0.39 is 86.3 Å². The first-order chi connectivity index (χ1) is 17.0. The molecule has 0 aromatic heterocycles. The van der Waals surface area contributed by atoms with Gasteiger partial charge in [-0.25, -0.2) is 13.6 Å². The van der Waals surface area contributed by atoms with Crippen molar-refractivity contribution in [2.45, 2.75) is 51.1 Å². The van der Waals surface area contributed by atoms with Crippen molar-refractivity contribution >= 4 is 27.8 Å². The molecule has 0 radical (unpaired) electrons. The van der Waals surface area contributed by atoms with E-state index in [0.29, 0.717) is 0 Å². The summed E-state index contributed by atoms with van der Waals surface area (Å²) in [6.07, 6.45) is -0.441. The van der Waals surface area contributed by atoms with Crippen LogP contribution in [0.15, 0.2) is 23.8 Å². The lowest BCUT2D eigenvalue weighted by molar-refractivity contribution is -0.211. The maximum atomic E-state index is 17.3. The van der Waals surface area contributed by atoms with Crippen molar-refractivity contribution in [3.05, 3.63) is 23.8 Å². The number of aliphatic hydroxyl groups excluding tert-OH is 1. The van der Waals surface area contributed by atoms with Gasteiger partial charge in [0.2, 0.25) is 0 Å². The van der Waals surface area contributed by atoms with Gasteiger partial charge >= 0.3 is 6.09 Å². The van der Waals surface area contributed by atoms with Gasteiger partial charge in [-0.3, -0.25) is 13.8 Å². The SMILES string of the molecule is C[C@]12C=CC(=O)C=C1[C@@H](F)C[C@H]1[C@@H]3C[C@H]4CN(C(=O)O)C[C@@]4(C(=O)COS(C)(=O)=O)[C@@]3(C)C[C@H](O)[C@@]12F. The van der Waals surface area contributed by atoms with Crippen LogP contribution >= 0.6 is 0 Å². The molecule has 4 aliphatic carbocycles. The summed E-state index contributed by atoms with van der Waals surface area (Å²) in [7, 11) is -3.98. The first-order valence-corrected chi connectivity index (χ1v) is 14.1. The third-order valence-corrected chi connectivity index (χ3v) is 10.9. The van der Waals surface area contributed by atoms with Gasteiger partial charge in [0.1, 0.15) is 12.8 Å². The summed E-state index contributed by atoms with van der Waals surface area (Å²) in [6, 6.07) is 0. The summed E-state index contributed by atoms with van der Waals surface area (Å²) < 4.78 is 61.0. The normalized spacial score (nSPS) is 46.5. The number of hydrogen-bond donors (Lipinski definition) is 2. The average molecular weight is 544 g/mol. The molecule has 204 valence electrons. The molecule has 12 heteroatoms. The van der Waals surface area contributed by atoms with Crippen molar-refractivity contribution in [1.82, 2.24) is 4.90 Å². The molecule has 1 saturated heterocycles. The van der Waals surface area contributed by atoms with Crippen molar-refractivity contribution in [1.29, 1.82) is 0 Å². The maximum absolute atomic E-state index is 17.3. The zero-order valence-electron chi connectivity index (χ0n) is 20.8. The number of rotatable bonds is 4. The van der Waals surface area contributed by atoms with E-state index in [2.05, 4.69) is 0 Å². The number of allylic oxidation sites excluding steroid dienone is 4. The summed E-state index contributed by atoms with van der Waals surface area (Å²) in [6.45, 7) is 2.10. The Bertz CT molecular complexity index is 1250. The van der Waals surface area contributed by atoms with Gasteiger partial charge in [-0.1, -0.05) is 13.0 Å². The third kappa shape index (κ3) is 3.30. The fourth-order valence-electron chi connectivity index (χ4n) is 8.72. The van der Waals surface area contributed by atoms with Gasteiger partial charge < -0.3 is 15.1 Å². The minimum atomic E-state index is -3.98. The second-order valence-corrected chi connectivity index (χ2v) is 13.5. The standard InChI is InChI=1S/C25H31F2NO8S/c1-22-5-4-14(29)7-17(22)18(26)8-16-15-6-13-10-28(21(32)33)12-24(13,20(31)11-36-37(3,34)35)23(15,2)9-19(30)25(16,22)27/h4-5,7,13,15-16,18-19,30H,6,8-12H2,1-3H3,(H,32,33)/t13-,15-,16-,18-,19-,22-,23-,24+,25-/m0/s1. The van der Waals surface area contributed by atoms with Gasteiger partial charge in [0.25, 0.3) is 10.1 Å². The van der Waals surface area contributed by atoms with Crippen molar-refractivity contribution < 1.29 is 46.0 Å². The number of ketones is 2. The summed E-state index contributed by atoms with van der Waals surface area (Å²) in [5, 5.41) is 21.2. The molecule has 5 aliphatic rings. The van der Waals surface area contributed by atoms with E-state index in [1.165, 1.54) is 19.1 Å². The molecule has 9 nitrogen and oxygen atoms in total. The number of fused-ring (bicyclic) bond motifs is 7. The predicted octanol–water partition coefficient (Wildman–Crippen LogP) is 2.06. The third-order valence-electron chi connectivity index (χ3n) is 10.3. The molecule has 1 aliphatic heterocycles. The smallest absolute Gasteiger partial charge is 0.407 e. The van der Waals surface area contributed by atoms with Crippen molar-refractivity contribution in [2.75, 3.05) is 26.0 Å². The van der Waals surface area contributed by atoms with Gasteiger partial charge in [-0.2, -0.15) is 8.42 Å².